The van der Waals surface area contributed by atoms with Crippen LogP contribution in [0.2, 0.25) is 0 Å². The molecular weight excluding hydrogens is 206 g/mol. The molecule has 4 nitrogen and oxygen atoms in total. The van der Waals surface area contributed by atoms with Gasteiger partial charge in [-0.15, -0.1) is 0 Å². The lowest BCUT2D eigenvalue weighted by atomic mass is 10.2. The number of hydrogen-bond donors (Lipinski definition) is 0. The van der Waals surface area contributed by atoms with E-state index >= 15 is 0 Å². The van der Waals surface area contributed by atoms with Crippen molar-refractivity contribution in [1.82, 2.24) is 5.06 Å². The molecule has 0 aliphatic carbocycles. The summed E-state index contributed by atoms with van der Waals surface area (Å²) in [5.41, 5.74) is 0.714. The third-order valence-corrected chi connectivity index (χ3v) is 2.00. The molecule has 0 aromatic rings. The highest BCUT2D eigenvalue weighted by atomic mass is 16.7. The molecule has 1 atom stereocenters. The van der Waals surface area contributed by atoms with E-state index in [0.717, 1.165) is 6.42 Å². The fourth-order valence-corrected chi connectivity index (χ4v) is 1.45. The zero-order valence-electron chi connectivity index (χ0n) is 10.7. The molecule has 0 saturated carbocycles. The molecule has 0 bridgehead atoms. The number of hydrogen-bond acceptors (Lipinski definition) is 3. The summed E-state index contributed by atoms with van der Waals surface area (Å²) in [5.74, 6) is 0. The molecule has 1 fully saturated rings. The maximum Gasteiger partial charge on any atom is 0.434 e. The summed E-state index contributed by atoms with van der Waals surface area (Å²) >= 11 is 0. The second kappa shape index (κ2) is 4.87. The van der Waals surface area contributed by atoms with Gasteiger partial charge in [0, 0.05) is 6.42 Å². The van der Waals surface area contributed by atoms with E-state index in [0.29, 0.717) is 6.54 Å². The van der Waals surface area contributed by atoms with Crippen molar-refractivity contribution in [3.63, 3.8) is 0 Å². The lowest BCUT2D eigenvalue weighted by molar-refractivity contribution is -0.125. The van der Waals surface area contributed by atoms with Crippen molar-refractivity contribution in [1.29, 1.82) is 0 Å². The molecule has 1 heterocycles. The minimum absolute atomic E-state index is 0.00230. The quantitative estimate of drug-likeness (QED) is 0.646. The highest BCUT2D eigenvalue weighted by molar-refractivity contribution is 5.67. The van der Waals surface area contributed by atoms with Gasteiger partial charge in [-0.05, 0) is 34.6 Å². The van der Waals surface area contributed by atoms with Crippen LogP contribution in [0.1, 0.15) is 41.0 Å². The van der Waals surface area contributed by atoms with Gasteiger partial charge >= 0.3 is 6.09 Å². The number of nitrogens with zero attached hydrogens (tertiary/aromatic N) is 1. The van der Waals surface area contributed by atoms with E-state index in [2.05, 4.69) is 0 Å². The molecule has 0 radical (unpaired) electrons. The van der Waals surface area contributed by atoms with Gasteiger partial charge in [0.1, 0.15) is 11.7 Å². The van der Waals surface area contributed by atoms with Crippen molar-refractivity contribution in [2.24, 2.45) is 0 Å². The number of allylic oxidation sites excluding steroid dienone is 1. The lowest BCUT2D eigenvalue weighted by Crippen LogP contribution is -2.34. The van der Waals surface area contributed by atoms with Crippen molar-refractivity contribution in [3.8, 4) is 0 Å². The molecular formula is C12H21NO3. The third kappa shape index (κ3) is 4.23. The van der Waals surface area contributed by atoms with Gasteiger partial charge in [-0.2, -0.15) is 5.06 Å². The van der Waals surface area contributed by atoms with E-state index < -0.39 is 11.7 Å². The van der Waals surface area contributed by atoms with E-state index in [9.17, 15) is 4.79 Å². The molecule has 1 rings (SSSR count). The lowest BCUT2D eigenvalue weighted by Gasteiger charge is -2.23. The van der Waals surface area contributed by atoms with Crippen molar-refractivity contribution in [3.05, 3.63) is 11.6 Å². The number of rotatable bonds is 1. The summed E-state index contributed by atoms with van der Waals surface area (Å²) in [7, 11) is 0. The summed E-state index contributed by atoms with van der Waals surface area (Å²) in [6.45, 7) is 10.1. The standard InChI is InChI=1S/C12H21NO3/c1-9(2)8-10-6-7-13(16-10)11(14)15-12(3,4)5/h8,10H,6-7H2,1-5H3. The van der Waals surface area contributed by atoms with Crippen LogP contribution >= 0.6 is 0 Å². The Labute approximate surface area is 97.2 Å². The van der Waals surface area contributed by atoms with Gasteiger partial charge in [0.05, 0.1) is 6.54 Å². The Balaban J connectivity index is 2.47. The third-order valence-electron chi connectivity index (χ3n) is 2.00. The molecule has 0 aromatic heterocycles. The summed E-state index contributed by atoms with van der Waals surface area (Å²) in [4.78, 5) is 17.1. The smallest absolute Gasteiger partial charge is 0.434 e. The zero-order chi connectivity index (χ0) is 12.3. The first-order valence-corrected chi connectivity index (χ1v) is 5.60. The van der Waals surface area contributed by atoms with E-state index in [1.54, 1.807) is 0 Å². The fourth-order valence-electron chi connectivity index (χ4n) is 1.45. The predicted octanol–water partition coefficient (Wildman–Crippen LogP) is 2.89. The second-order valence-electron chi connectivity index (χ2n) is 5.26. The first-order chi connectivity index (χ1) is 7.28. The number of hydroxylamine groups is 2. The summed E-state index contributed by atoms with van der Waals surface area (Å²) in [6.07, 6.45) is 2.43. The maximum atomic E-state index is 11.7. The van der Waals surface area contributed by atoms with Crippen LogP contribution in [0.5, 0.6) is 0 Å². The average molecular weight is 227 g/mol. The SMILES string of the molecule is CC(C)=CC1CCN(C(=O)OC(C)(C)C)O1. The average Bonchev–Trinajstić information content (AvgIpc) is 2.48. The van der Waals surface area contributed by atoms with Gasteiger partial charge in [0.2, 0.25) is 0 Å². The van der Waals surface area contributed by atoms with Crippen LogP contribution in [-0.4, -0.2) is 29.4 Å². The normalized spacial score (nSPS) is 20.8. The van der Waals surface area contributed by atoms with Gasteiger partial charge in [0.25, 0.3) is 0 Å². The molecule has 16 heavy (non-hydrogen) atoms. The van der Waals surface area contributed by atoms with Crippen molar-refractivity contribution in [2.75, 3.05) is 6.54 Å². The Kier molecular flexibility index (Phi) is 3.97. The fraction of sp³-hybridized carbons (Fsp3) is 0.750. The number of carbonyl (C=O) groups is 1. The van der Waals surface area contributed by atoms with E-state index in [1.165, 1.54) is 10.6 Å². The number of carbonyl (C=O) groups excluding carboxylic acids is 1. The molecule has 4 heteroatoms. The maximum absolute atomic E-state index is 11.7. The summed E-state index contributed by atoms with van der Waals surface area (Å²) in [5, 5.41) is 1.30. The van der Waals surface area contributed by atoms with Crippen molar-refractivity contribution in [2.45, 2.75) is 52.7 Å². The summed E-state index contributed by atoms with van der Waals surface area (Å²) < 4.78 is 5.22. The monoisotopic (exact) mass is 227 g/mol. The Bertz CT molecular complexity index is 287. The molecule has 1 amide bonds. The number of ether oxygens (including phenoxy) is 1. The molecule has 92 valence electrons. The van der Waals surface area contributed by atoms with E-state index in [4.69, 9.17) is 9.57 Å². The minimum atomic E-state index is -0.477. The van der Waals surface area contributed by atoms with Crippen molar-refractivity contribution >= 4 is 6.09 Å². The van der Waals surface area contributed by atoms with Gasteiger partial charge < -0.3 is 4.74 Å². The van der Waals surface area contributed by atoms with Crippen LogP contribution in [0, 0.1) is 0 Å². The Morgan fingerprint density at radius 1 is 1.44 bits per heavy atom. The van der Waals surface area contributed by atoms with Gasteiger partial charge in [0.15, 0.2) is 0 Å². The molecule has 0 spiro atoms. The molecule has 0 aromatic carbocycles. The first kappa shape index (κ1) is 13.0. The van der Waals surface area contributed by atoms with Crippen LogP contribution in [-0.2, 0) is 9.57 Å². The number of amides is 1. The van der Waals surface area contributed by atoms with Crippen LogP contribution in [0.3, 0.4) is 0 Å². The largest absolute Gasteiger partial charge is 0.442 e. The first-order valence-electron chi connectivity index (χ1n) is 5.60. The van der Waals surface area contributed by atoms with Crippen LogP contribution in [0.25, 0.3) is 0 Å². The van der Waals surface area contributed by atoms with Gasteiger partial charge in [-0.1, -0.05) is 11.6 Å². The Hall–Kier alpha value is -1.03. The molecule has 0 N–H and O–H groups in total. The van der Waals surface area contributed by atoms with E-state index in [1.807, 2.05) is 40.7 Å². The van der Waals surface area contributed by atoms with Gasteiger partial charge in [-0.3, -0.25) is 4.84 Å². The molecule has 1 aliphatic heterocycles. The van der Waals surface area contributed by atoms with Crippen LogP contribution in [0.15, 0.2) is 11.6 Å². The zero-order valence-corrected chi connectivity index (χ0v) is 10.7. The molecule has 1 aliphatic rings. The molecule has 1 unspecified atom stereocenters. The second-order valence-corrected chi connectivity index (χ2v) is 5.26. The Morgan fingerprint density at radius 2 is 2.06 bits per heavy atom. The minimum Gasteiger partial charge on any atom is -0.442 e. The van der Waals surface area contributed by atoms with Crippen LogP contribution < -0.4 is 0 Å². The highest BCUT2D eigenvalue weighted by Crippen LogP contribution is 2.19. The topological polar surface area (TPSA) is 38.8 Å². The van der Waals surface area contributed by atoms with E-state index in [-0.39, 0.29) is 6.10 Å². The predicted molar refractivity (Wildman–Crippen MR) is 61.9 cm³/mol. The Morgan fingerprint density at radius 3 is 2.56 bits per heavy atom. The summed E-state index contributed by atoms with van der Waals surface area (Å²) in [6, 6.07) is 0. The van der Waals surface area contributed by atoms with Crippen LogP contribution in [0.4, 0.5) is 4.79 Å². The molecule has 1 saturated heterocycles. The van der Waals surface area contributed by atoms with Crippen molar-refractivity contribution < 1.29 is 14.4 Å². The highest BCUT2D eigenvalue weighted by Gasteiger charge is 2.29. The van der Waals surface area contributed by atoms with Gasteiger partial charge in [-0.25, -0.2) is 4.79 Å².